The van der Waals surface area contributed by atoms with Gasteiger partial charge in [-0.3, -0.25) is 9.69 Å². The van der Waals surface area contributed by atoms with Gasteiger partial charge in [-0.2, -0.15) is 0 Å². The van der Waals surface area contributed by atoms with Crippen LogP contribution in [0.15, 0.2) is 40.2 Å². The van der Waals surface area contributed by atoms with Crippen LogP contribution in [-0.4, -0.2) is 37.4 Å². The van der Waals surface area contributed by atoms with Crippen LogP contribution in [0.5, 0.6) is 0 Å². The van der Waals surface area contributed by atoms with Crippen molar-refractivity contribution in [1.29, 1.82) is 0 Å². The van der Waals surface area contributed by atoms with Gasteiger partial charge in [0.2, 0.25) is 0 Å². The minimum Gasteiger partial charge on any atom is -0.285 e. The first-order chi connectivity index (χ1) is 9.78. The molecule has 0 aliphatic carbocycles. The third-order valence-electron chi connectivity index (χ3n) is 2.63. The predicted octanol–water partition coefficient (Wildman–Crippen LogP) is 2.10. The molecule has 1 fully saturated rings. The summed E-state index contributed by atoms with van der Waals surface area (Å²) < 4.78 is 1.49. The van der Waals surface area contributed by atoms with Gasteiger partial charge >= 0.3 is 0 Å². The van der Waals surface area contributed by atoms with Crippen LogP contribution < -0.4 is 0 Å². The fourth-order valence-electron chi connectivity index (χ4n) is 1.71. The monoisotopic (exact) mass is 305 g/mol. The maximum absolute atomic E-state index is 12.3. The molecule has 0 unspecified atom stereocenters. The maximum Gasteiger partial charge on any atom is 0.266 e. The molecular formula is C12H11N5OS2. The SMILES string of the molecule is CCN1C(=O)/C(=C/c2cccs2)S/C1=N/n1cnnc1. The van der Waals surface area contributed by atoms with E-state index in [1.165, 1.54) is 29.1 Å². The summed E-state index contributed by atoms with van der Waals surface area (Å²) >= 11 is 2.97. The lowest BCUT2D eigenvalue weighted by Crippen LogP contribution is -2.29. The highest BCUT2D eigenvalue weighted by atomic mass is 32.2. The summed E-state index contributed by atoms with van der Waals surface area (Å²) in [6.45, 7) is 2.50. The van der Waals surface area contributed by atoms with Crippen LogP contribution in [0.4, 0.5) is 0 Å². The molecule has 0 spiro atoms. The first kappa shape index (κ1) is 13.1. The molecule has 20 heavy (non-hydrogen) atoms. The summed E-state index contributed by atoms with van der Waals surface area (Å²) in [5.74, 6) is -0.0160. The Morgan fingerprint density at radius 1 is 1.40 bits per heavy atom. The van der Waals surface area contributed by atoms with Crippen molar-refractivity contribution in [3.8, 4) is 0 Å². The Morgan fingerprint density at radius 2 is 2.20 bits per heavy atom. The largest absolute Gasteiger partial charge is 0.285 e. The van der Waals surface area contributed by atoms with E-state index < -0.39 is 0 Å². The Kier molecular flexibility index (Phi) is 3.66. The first-order valence-corrected chi connectivity index (χ1v) is 7.66. The van der Waals surface area contributed by atoms with Crippen molar-refractivity contribution in [2.24, 2.45) is 5.10 Å². The summed E-state index contributed by atoms with van der Waals surface area (Å²) in [5, 5.41) is 14.4. The van der Waals surface area contributed by atoms with Crippen molar-refractivity contribution >= 4 is 40.2 Å². The molecule has 0 saturated carbocycles. The van der Waals surface area contributed by atoms with Crippen LogP contribution in [0.25, 0.3) is 6.08 Å². The standard InChI is InChI=1S/C12H11N5OS2/c1-2-17-11(18)10(6-9-4-3-5-19-9)20-12(17)15-16-7-13-14-8-16/h3-8H,2H2,1H3/b10-6-,15-12+. The molecule has 2 aromatic rings. The molecule has 1 aliphatic heterocycles. The third kappa shape index (κ3) is 2.52. The van der Waals surface area contributed by atoms with Gasteiger partial charge in [0.05, 0.1) is 4.91 Å². The van der Waals surface area contributed by atoms with Gasteiger partial charge in [-0.05, 0) is 36.2 Å². The van der Waals surface area contributed by atoms with Crippen LogP contribution in [0.1, 0.15) is 11.8 Å². The zero-order valence-electron chi connectivity index (χ0n) is 10.6. The molecule has 1 amide bonds. The average Bonchev–Trinajstić information content (AvgIpc) is 3.15. The predicted molar refractivity (Wildman–Crippen MR) is 80.1 cm³/mol. The Morgan fingerprint density at radius 3 is 2.85 bits per heavy atom. The van der Waals surface area contributed by atoms with Gasteiger partial charge in [-0.25, -0.2) is 4.68 Å². The summed E-state index contributed by atoms with van der Waals surface area (Å²) in [4.78, 5) is 15.7. The second-order valence-electron chi connectivity index (χ2n) is 3.90. The summed E-state index contributed by atoms with van der Waals surface area (Å²) in [5.41, 5.74) is 0. The quantitative estimate of drug-likeness (QED) is 0.815. The molecule has 1 aliphatic rings. The molecule has 8 heteroatoms. The van der Waals surface area contributed by atoms with Crippen molar-refractivity contribution in [3.63, 3.8) is 0 Å². The molecule has 3 heterocycles. The minimum absolute atomic E-state index is 0.0160. The van der Waals surface area contributed by atoms with Crippen LogP contribution >= 0.6 is 23.1 Å². The number of thioether (sulfide) groups is 1. The van der Waals surface area contributed by atoms with Gasteiger partial charge in [-0.1, -0.05) is 6.07 Å². The van der Waals surface area contributed by atoms with E-state index in [4.69, 9.17) is 0 Å². The van der Waals surface area contributed by atoms with Crippen molar-refractivity contribution in [3.05, 3.63) is 39.9 Å². The molecule has 0 N–H and O–H groups in total. The molecule has 2 aromatic heterocycles. The van der Waals surface area contributed by atoms with Crippen molar-refractivity contribution in [1.82, 2.24) is 19.8 Å². The van der Waals surface area contributed by atoms with E-state index in [1.54, 1.807) is 16.2 Å². The van der Waals surface area contributed by atoms with Gasteiger partial charge in [0.15, 0.2) is 5.17 Å². The number of aromatic nitrogens is 3. The molecule has 0 atom stereocenters. The van der Waals surface area contributed by atoms with Crippen molar-refractivity contribution in [2.45, 2.75) is 6.92 Å². The molecule has 6 nitrogen and oxygen atoms in total. The van der Waals surface area contributed by atoms with Crippen LogP contribution in [-0.2, 0) is 4.79 Å². The van der Waals surface area contributed by atoms with Gasteiger partial charge < -0.3 is 0 Å². The van der Waals surface area contributed by atoms with Crippen molar-refractivity contribution in [2.75, 3.05) is 6.54 Å². The Balaban J connectivity index is 1.92. The maximum atomic E-state index is 12.3. The first-order valence-electron chi connectivity index (χ1n) is 5.96. The number of thiophene rings is 1. The summed E-state index contributed by atoms with van der Waals surface area (Å²) in [7, 11) is 0. The fourth-order valence-corrected chi connectivity index (χ4v) is 3.48. The Hall–Kier alpha value is -1.93. The highest BCUT2D eigenvalue weighted by Crippen LogP contribution is 2.33. The van der Waals surface area contributed by atoms with E-state index in [0.717, 1.165) is 4.88 Å². The number of carbonyl (C=O) groups is 1. The smallest absolute Gasteiger partial charge is 0.266 e. The van der Waals surface area contributed by atoms with Crippen LogP contribution in [0.3, 0.4) is 0 Å². The van der Waals surface area contributed by atoms with E-state index >= 15 is 0 Å². The fraction of sp³-hybridized carbons (Fsp3) is 0.167. The number of rotatable bonds is 3. The minimum atomic E-state index is -0.0160. The number of likely N-dealkylation sites (N-methyl/N-ethyl adjacent to an activating group) is 1. The van der Waals surface area contributed by atoms with E-state index in [-0.39, 0.29) is 5.91 Å². The highest BCUT2D eigenvalue weighted by Gasteiger charge is 2.32. The molecule has 102 valence electrons. The third-order valence-corrected chi connectivity index (χ3v) is 4.44. The molecule has 0 bridgehead atoms. The second-order valence-corrected chi connectivity index (χ2v) is 5.89. The van der Waals surface area contributed by atoms with Crippen LogP contribution in [0, 0.1) is 0 Å². The average molecular weight is 305 g/mol. The number of nitrogens with zero attached hydrogens (tertiary/aromatic N) is 5. The molecular weight excluding hydrogens is 294 g/mol. The van der Waals surface area contributed by atoms with Gasteiger partial charge in [0.25, 0.3) is 5.91 Å². The van der Waals surface area contributed by atoms with Gasteiger partial charge in [0.1, 0.15) is 12.7 Å². The summed E-state index contributed by atoms with van der Waals surface area (Å²) in [6, 6.07) is 3.95. The van der Waals surface area contributed by atoms with Gasteiger partial charge in [0, 0.05) is 11.4 Å². The molecule has 0 radical (unpaired) electrons. The lowest BCUT2D eigenvalue weighted by molar-refractivity contribution is -0.122. The van der Waals surface area contributed by atoms with E-state index in [9.17, 15) is 4.79 Å². The number of hydrogen-bond acceptors (Lipinski definition) is 6. The van der Waals surface area contributed by atoms with Gasteiger partial charge in [-0.15, -0.1) is 26.6 Å². The molecule has 1 saturated heterocycles. The number of amidine groups is 1. The second kappa shape index (κ2) is 5.59. The van der Waals surface area contributed by atoms with E-state index in [1.807, 2.05) is 30.5 Å². The number of hydrogen-bond donors (Lipinski definition) is 0. The topological polar surface area (TPSA) is 63.4 Å². The van der Waals surface area contributed by atoms with Crippen molar-refractivity contribution < 1.29 is 4.79 Å². The molecule has 3 rings (SSSR count). The molecule has 0 aromatic carbocycles. The number of carbonyl (C=O) groups excluding carboxylic acids is 1. The highest BCUT2D eigenvalue weighted by molar-refractivity contribution is 8.18. The zero-order chi connectivity index (χ0) is 13.9. The van der Waals surface area contributed by atoms with Crippen LogP contribution in [0.2, 0.25) is 0 Å². The zero-order valence-corrected chi connectivity index (χ0v) is 12.3. The summed E-state index contributed by atoms with van der Waals surface area (Å²) in [6.07, 6.45) is 4.88. The Bertz CT molecular complexity index is 660. The Labute approximate surface area is 123 Å². The van der Waals surface area contributed by atoms with E-state index in [2.05, 4.69) is 15.3 Å². The number of amides is 1. The lowest BCUT2D eigenvalue weighted by atomic mass is 10.4. The van der Waals surface area contributed by atoms with E-state index in [0.29, 0.717) is 16.6 Å². The lowest BCUT2D eigenvalue weighted by Gasteiger charge is -2.11. The normalized spacial score (nSPS) is 19.4.